The number of nitrogens with one attached hydrogen (secondary N) is 1. The van der Waals surface area contributed by atoms with Crippen LogP contribution in [0.1, 0.15) is 49.4 Å². The zero-order chi connectivity index (χ0) is 19.4. The van der Waals surface area contributed by atoms with Crippen molar-refractivity contribution in [2.75, 3.05) is 0 Å². The van der Waals surface area contributed by atoms with E-state index in [-0.39, 0.29) is 11.5 Å². The summed E-state index contributed by atoms with van der Waals surface area (Å²) < 4.78 is 1.37. The number of hydrogen-bond donors (Lipinski definition) is 1. The molecule has 3 rings (SSSR count). The molecule has 3 aromatic rings. The molecule has 0 saturated carbocycles. The molecular weight excluding hydrogens is 380 g/mol. The van der Waals surface area contributed by atoms with Crippen molar-refractivity contribution in [2.45, 2.75) is 46.1 Å². The summed E-state index contributed by atoms with van der Waals surface area (Å²) in [6, 6.07) is 5.11. The SMILES string of the molecule is CCCc1cc2c(=O)n(C(C)C(=O)NN=C(CC)c3cccs3)cnc2s1. The van der Waals surface area contributed by atoms with Crippen molar-refractivity contribution in [1.82, 2.24) is 15.0 Å². The Morgan fingerprint density at radius 2 is 2.22 bits per heavy atom. The van der Waals surface area contributed by atoms with Gasteiger partial charge in [-0.25, -0.2) is 10.4 Å². The van der Waals surface area contributed by atoms with E-state index in [1.807, 2.05) is 30.5 Å². The summed E-state index contributed by atoms with van der Waals surface area (Å²) in [5.41, 5.74) is 3.21. The summed E-state index contributed by atoms with van der Waals surface area (Å²) in [7, 11) is 0. The number of amides is 1. The van der Waals surface area contributed by atoms with Gasteiger partial charge in [0.05, 0.1) is 22.3 Å². The summed E-state index contributed by atoms with van der Waals surface area (Å²) in [5.74, 6) is -0.343. The topological polar surface area (TPSA) is 76.3 Å². The van der Waals surface area contributed by atoms with Crippen LogP contribution in [0.15, 0.2) is 39.8 Å². The van der Waals surface area contributed by atoms with Crippen LogP contribution in [0.2, 0.25) is 0 Å². The number of aromatic nitrogens is 2. The predicted octanol–water partition coefficient (Wildman–Crippen LogP) is 3.96. The van der Waals surface area contributed by atoms with E-state index in [9.17, 15) is 9.59 Å². The highest BCUT2D eigenvalue weighted by molar-refractivity contribution is 7.18. The molecule has 0 spiro atoms. The lowest BCUT2D eigenvalue weighted by atomic mass is 10.2. The average molecular weight is 403 g/mol. The second-order valence-corrected chi connectivity index (χ2v) is 8.24. The van der Waals surface area contributed by atoms with Crippen molar-refractivity contribution in [3.8, 4) is 0 Å². The monoisotopic (exact) mass is 402 g/mol. The molecule has 1 unspecified atom stereocenters. The van der Waals surface area contributed by atoms with Gasteiger partial charge in [0, 0.05) is 4.88 Å². The van der Waals surface area contributed by atoms with Gasteiger partial charge in [0.25, 0.3) is 11.5 Å². The maximum Gasteiger partial charge on any atom is 0.263 e. The molecule has 142 valence electrons. The molecule has 6 nitrogen and oxygen atoms in total. The molecule has 1 amide bonds. The first-order chi connectivity index (χ1) is 13.0. The van der Waals surface area contributed by atoms with Crippen LogP contribution in [0.25, 0.3) is 10.2 Å². The fraction of sp³-hybridized carbons (Fsp3) is 0.368. The molecular formula is C19H22N4O2S2. The summed E-state index contributed by atoms with van der Waals surface area (Å²) in [5, 5.41) is 6.79. The summed E-state index contributed by atoms with van der Waals surface area (Å²) in [6.07, 6.45) is 4.10. The molecule has 0 bridgehead atoms. The van der Waals surface area contributed by atoms with Crippen LogP contribution in [0.3, 0.4) is 0 Å². The number of hydrazone groups is 1. The number of fused-ring (bicyclic) bond motifs is 1. The summed E-state index contributed by atoms with van der Waals surface area (Å²) >= 11 is 3.11. The van der Waals surface area contributed by atoms with Crippen LogP contribution in [-0.4, -0.2) is 21.2 Å². The quantitative estimate of drug-likeness (QED) is 0.480. The van der Waals surface area contributed by atoms with Gasteiger partial charge in [-0.3, -0.25) is 14.2 Å². The Balaban J connectivity index is 1.82. The minimum Gasteiger partial charge on any atom is -0.286 e. The lowest BCUT2D eigenvalue weighted by Gasteiger charge is -2.13. The number of rotatable bonds is 7. The van der Waals surface area contributed by atoms with Crippen molar-refractivity contribution in [3.63, 3.8) is 0 Å². The molecule has 8 heteroatoms. The smallest absolute Gasteiger partial charge is 0.263 e. The van der Waals surface area contributed by atoms with Crippen LogP contribution in [-0.2, 0) is 11.2 Å². The van der Waals surface area contributed by atoms with Crippen molar-refractivity contribution in [3.05, 3.63) is 50.0 Å². The van der Waals surface area contributed by atoms with E-state index in [2.05, 4.69) is 22.4 Å². The zero-order valence-electron chi connectivity index (χ0n) is 15.6. The van der Waals surface area contributed by atoms with Crippen LogP contribution in [0.4, 0.5) is 0 Å². The number of nitrogens with zero attached hydrogens (tertiary/aromatic N) is 3. The van der Waals surface area contributed by atoms with Gasteiger partial charge in [0.2, 0.25) is 0 Å². The molecule has 0 aliphatic rings. The molecule has 3 heterocycles. The maximum atomic E-state index is 12.8. The Bertz CT molecular complexity index is 1020. The molecule has 0 fully saturated rings. The van der Waals surface area contributed by atoms with E-state index < -0.39 is 6.04 Å². The first-order valence-corrected chi connectivity index (χ1v) is 10.6. The molecule has 3 aromatic heterocycles. The molecule has 1 atom stereocenters. The number of thiophene rings is 2. The van der Waals surface area contributed by atoms with Gasteiger partial charge in [-0.1, -0.05) is 26.3 Å². The van der Waals surface area contributed by atoms with Gasteiger partial charge in [-0.05, 0) is 37.3 Å². The zero-order valence-corrected chi connectivity index (χ0v) is 17.2. The standard InChI is InChI=1S/C19H22N4O2S2/c1-4-7-13-10-14-18(27-13)20-11-23(19(14)25)12(3)17(24)22-21-15(5-2)16-8-6-9-26-16/h6,8-12H,4-5,7H2,1-3H3,(H,22,24). The molecule has 27 heavy (non-hydrogen) atoms. The Kier molecular flexibility index (Phi) is 6.18. The highest BCUT2D eigenvalue weighted by Crippen LogP contribution is 2.22. The predicted molar refractivity (Wildman–Crippen MR) is 112 cm³/mol. The van der Waals surface area contributed by atoms with Crippen LogP contribution < -0.4 is 11.0 Å². The Labute approximate surface area is 165 Å². The van der Waals surface area contributed by atoms with E-state index in [1.165, 1.54) is 22.2 Å². The third-order valence-corrected chi connectivity index (χ3v) is 6.28. The van der Waals surface area contributed by atoms with Crippen molar-refractivity contribution in [2.24, 2.45) is 5.10 Å². The van der Waals surface area contributed by atoms with Crippen LogP contribution in [0, 0.1) is 0 Å². The van der Waals surface area contributed by atoms with Gasteiger partial charge in [-0.2, -0.15) is 5.10 Å². The first-order valence-electron chi connectivity index (χ1n) is 8.95. The van der Waals surface area contributed by atoms with E-state index in [4.69, 9.17) is 0 Å². The number of carbonyl (C=O) groups is 1. The number of hydrogen-bond acceptors (Lipinski definition) is 6. The second kappa shape index (κ2) is 8.58. The van der Waals surface area contributed by atoms with E-state index in [0.717, 1.165) is 33.1 Å². The molecule has 0 radical (unpaired) electrons. The van der Waals surface area contributed by atoms with E-state index in [0.29, 0.717) is 11.8 Å². The Morgan fingerprint density at radius 1 is 1.41 bits per heavy atom. The molecule has 0 saturated heterocycles. The fourth-order valence-corrected chi connectivity index (χ4v) is 4.60. The van der Waals surface area contributed by atoms with Crippen LogP contribution >= 0.6 is 22.7 Å². The molecule has 0 aliphatic carbocycles. The van der Waals surface area contributed by atoms with Gasteiger partial charge >= 0.3 is 0 Å². The van der Waals surface area contributed by atoms with E-state index >= 15 is 0 Å². The highest BCUT2D eigenvalue weighted by atomic mass is 32.1. The molecule has 1 N–H and O–H groups in total. The van der Waals surface area contributed by atoms with Crippen LogP contribution in [0.5, 0.6) is 0 Å². The largest absolute Gasteiger partial charge is 0.286 e. The van der Waals surface area contributed by atoms with Gasteiger partial charge in [-0.15, -0.1) is 22.7 Å². The lowest BCUT2D eigenvalue weighted by Crippen LogP contribution is -2.34. The second-order valence-electron chi connectivity index (χ2n) is 6.18. The highest BCUT2D eigenvalue weighted by Gasteiger charge is 2.19. The van der Waals surface area contributed by atoms with Crippen molar-refractivity contribution >= 4 is 44.5 Å². The minimum absolute atomic E-state index is 0.195. The van der Waals surface area contributed by atoms with Crippen molar-refractivity contribution < 1.29 is 4.79 Å². The normalized spacial score (nSPS) is 13.1. The van der Waals surface area contributed by atoms with E-state index in [1.54, 1.807) is 18.3 Å². The molecule has 0 aliphatic heterocycles. The maximum absolute atomic E-state index is 12.8. The molecule has 0 aromatic carbocycles. The number of aryl methyl sites for hydroxylation is 1. The average Bonchev–Trinajstić information content (AvgIpc) is 3.32. The third kappa shape index (κ3) is 4.17. The first kappa shape index (κ1) is 19.4. The summed E-state index contributed by atoms with van der Waals surface area (Å²) in [6.45, 7) is 5.76. The lowest BCUT2D eigenvalue weighted by molar-refractivity contribution is -0.123. The Hall–Kier alpha value is -2.32. The summed E-state index contributed by atoms with van der Waals surface area (Å²) in [4.78, 5) is 32.6. The fourth-order valence-electron chi connectivity index (χ4n) is 2.73. The van der Waals surface area contributed by atoms with Gasteiger partial charge in [0.1, 0.15) is 10.9 Å². The Morgan fingerprint density at radius 3 is 2.89 bits per heavy atom. The number of carbonyl (C=O) groups excluding carboxylic acids is 1. The van der Waals surface area contributed by atoms with Gasteiger partial charge < -0.3 is 0 Å². The third-order valence-electron chi connectivity index (χ3n) is 4.26. The van der Waals surface area contributed by atoms with Gasteiger partial charge in [0.15, 0.2) is 0 Å². The minimum atomic E-state index is -0.700. The van der Waals surface area contributed by atoms with Crippen molar-refractivity contribution in [1.29, 1.82) is 0 Å².